The van der Waals surface area contributed by atoms with Crippen molar-refractivity contribution in [2.45, 2.75) is 30.0 Å². The van der Waals surface area contributed by atoms with Gasteiger partial charge in [-0.15, -0.1) is 0 Å². The maximum absolute atomic E-state index is 12.7. The first kappa shape index (κ1) is 16.8. The lowest BCUT2D eigenvalue weighted by atomic mass is 10.3. The van der Waals surface area contributed by atoms with E-state index < -0.39 is 21.3 Å². The molecule has 1 N–H and O–H groups in total. The molecule has 1 aromatic rings. The second-order valence-corrected chi connectivity index (χ2v) is 7.28. The van der Waals surface area contributed by atoms with E-state index in [1.54, 1.807) is 30.3 Å². The second kappa shape index (κ2) is 7.60. The molecule has 22 heavy (non-hydrogen) atoms. The molecule has 1 saturated heterocycles. The van der Waals surface area contributed by atoms with Crippen molar-refractivity contribution in [3.05, 3.63) is 30.3 Å². The summed E-state index contributed by atoms with van der Waals surface area (Å²) >= 11 is 0. The summed E-state index contributed by atoms with van der Waals surface area (Å²) in [6.45, 7) is 3.41. The molecule has 1 fully saturated rings. The lowest BCUT2D eigenvalue weighted by Gasteiger charge is -2.34. The van der Waals surface area contributed by atoms with Crippen LogP contribution in [0.1, 0.15) is 19.8 Å². The zero-order valence-corrected chi connectivity index (χ0v) is 13.5. The van der Waals surface area contributed by atoms with Gasteiger partial charge in [0.15, 0.2) is 5.37 Å². The van der Waals surface area contributed by atoms with Gasteiger partial charge in [0.25, 0.3) is 0 Å². The zero-order chi connectivity index (χ0) is 16.0. The van der Waals surface area contributed by atoms with Gasteiger partial charge in [-0.2, -0.15) is 0 Å². The Morgan fingerprint density at radius 3 is 2.77 bits per heavy atom. The van der Waals surface area contributed by atoms with Crippen molar-refractivity contribution in [3.63, 3.8) is 0 Å². The number of nitrogens with zero attached hydrogens (tertiary/aromatic N) is 1. The second-order valence-electron chi connectivity index (χ2n) is 5.18. The topological polar surface area (TPSA) is 75.7 Å². The molecule has 7 heteroatoms. The third-order valence-corrected chi connectivity index (χ3v) is 5.65. The Balaban J connectivity index is 2.17. The Morgan fingerprint density at radius 2 is 2.09 bits per heavy atom. The van der Waals surface area contributed by atoms with Gasteiger partial charge in [-0.3, -0.25) is 4.90 Å². The largest absolute Gasteiger partial charge is 0.449 e. The molecule has 122 valence electrons. The number of unbranched alkanes of at least 4 members (excludes halogenated alkanes) is 1. The molecular weight excluding hydrogens is 304 g/mol. The highest BCUT2D eigenvalue weighted by Crippen LogP contribution is 2.20. The Hall–Kier alpha value is -1.60. The molecule has 1 aromatic carbocycles. The summed E-state index contributed by atoms with van der Waals surface area (Å²) in [7, 11) is -3.62. The van der Waals surface area contributed by atoms with Gasteiger partial charge in [0, 0.05) is 19.6 Å². The summed E-state index contributed by atoms with van der Waals surface area (Å²) in [5, 5.41) is 2.10. The number of amides is 1. The minimum atomic E-state index is -3.62. The summed E-state index contributed by atoms with van der Waals surface area (Å²) in [6, 6.07) is 8.20. The molecule has 1 atom stereocenters. The molecule has 1 amide bonds. The van der Waals surface area contributed by atoms with E-state index in [-0.39, 0.29) is 11.4 Å². The van der Waals surface area contributed by atoms with Gasteiger partial charge >= 0.3 is 6.09 Å². The van der Waals surface area contributed by atoms with E-state index in [9.17, 15) is 13.2 Å². The molecule has 0 aromatic heterocycles. The van der Waals surface area contributed by atoms with Crippen molar-refractivity contribution >= 4 is 15.9 Å². The van der Waals surface area contributed by atoms with Gasteiger partial charge < -0.3 is 10.1 Å². The average Bonchev–Trinajstić information content (AvgIpc) is 2.56. The summed E-state index contributed by atoms with van der Waals surface area (Å²) in [5.41, 5.74) is 0. The molecule has 0 saturated carbocycles. The number of rotatable bonds is 5. The Morgan fingerprint density at radius 1 is 1.36 bits per heavy atom. The van der Waals surface area contributed by atoms with Crippen LogP contribution < -0.4 is 5.32 Å². The molecule has 1 heterocycles. The summed E-state index contributed by atoms with van der Waals surface area (Å²) < 4.78 is 30.7. The molecule has 6 nitrogen and oxygen atoms in total. The fraction of sp³-hybridized carbons (Fsp3) is 0.533. The van der Waals surface area contributed by atoms with E-state index >= 15 is 0 Å². The van der Waals surface area contributed by atoms with Crippen LogP contribution in [0.5, 0.6) is 0 Å². The maximum Gasteiger partial charge on any atom is 0.410 e. The number of carbonyl (C=O) groups excluding carboxylic acids is 1. The SMILES string of the molecule is CCCCOC(=O)N1CCNCC1S(=O)(=O)c1ccccc1. The van der Waals surface area contributed by atoms with Crippen LogP contribution in [0.4, 0.5) is 4.79 Å². The van der Waals surface area contributed by atoms with Crippen LogP contribution in [0.3, 0.4) is 0 Å². The van der Waals surface area contributed by atoms with Crippen molar-refractivity contribution in [2.24, 2.45) is 0 Å². The first-order chi connectivity index (χ1) is 10.6. The fourth-order valence-corrected chi connectivity index (χ4v) is 4.03. The molecule has 0 bridgehead atoms. The standard InChI is InChI=1S/C15H22N2O4S/c1-2-3-11-21-15(18)17-10-9-16-12-14(17)22(19,20)13-7-5-4-6-8-13/h4-8,14,16H,2-3,9-12H2,1H3. The van der Waals surface area contributed by atoms with Crippen LogP contribution in [0.2, 0.25) is 0 Å². The van der Waals surface area contributed by atoms with Gasteiger partial charge in [-0.05, 0) is 18.6 Å². The van der Waals surface area contributed by atoms with Crippen LogP contribution in [-0.4, -0.2) is 51.0 Å². The predicted octanol–water partition coefficient (Wildman–Crippen LogP) is 1.63. The quantitative estimate of drug-likeness (QED) is 0.832. The third kappa shape index (κ3) is 3.78. The van der Waals surface area contributed by atoms with E-state index in [1.165, 1.54) is 4.90 Å². The Bertz CT molecular complexity index is 589. The highest BCUT2D eigenvalue weighted by atomic mass is 32.2. The van der Waals surface area contributed by atoms with Gasteiger partial charge in [-0.25, -0.2) is 13.2 Å². The highest BCUT2D eigenvalue weighted by molar-refractivity contribution is 7.92. The van der Waals surface area contributed by atoms with Crippen molar-refractivity contribution in [2.75, 3.05) is 26.2 Å². The molecule has 0 radical (unpaired) electrons. The van der Waals surface area contributed by atoms with Crippen molar-refractivity contribution in [3.8, 4) is 0 Å². The number of hydrogen-bond acceptors (Lipinski definition) is 5. The normalized spacial score (nSPS) is 19.0. The summed E-state index contributed by atoms with van der Waals surface area (Å²) in [6.07, 6.45) is 1.13. The maximum atomic E-state index is 12.7. The van der Waals surface area contributed by atoms with E-state index in [0.717, 1.165) is 12.8 Å². The summed E-state index contributed by atoms with van der Waals surface area (Å²) in [5.74, 6) is 0. The van der Waals surface area contributed by atoms with Crippen molar-refractivity contribution in [1.29, 1.82) is 0 Å². The van der Waals surface area contributed by atoms with E-state index in [2.05, 4.69) is 5.32 Å². The molecule has 0 spiro atoms. The predicted molar refractivity (Wildman–Crippen MR) is 83.2 cm³/mol. The number of carbonyl (C=O) groups is 1. The van der Waals surface area contributed by atoms with Crippen LogP contribution >= 0.6 is 0 Å². The monoisotopic (exact) mass is 326 g/mol. The number of piperazine rings is 1. The lowest BCUT2D eigenvalue weighted by molar-refractivity contribution is 0.0899. The fourth-order valence-electron chi connectivity index (χ4n) is 2.32. The first-order valence-electron chi connectivity index (χ1n) is 7.50. The first-order valence-corrected chi connectivity index (χ1v) is 9.05. The summed E-state index contributed by atoms with van der Waals surface area (Å²) in [4.78, 5) is 13.7. The van der Waals surface area contributed by atoms with Gasteiger partial charge in [0.05, 0.1) is 11.5 Å². The number of benzene rings is 1. The van der Waals surface area contributed by atoms with Gasteiger partial charge in [0.2, 0.25) is 9.84 Å². The smallest absolute Gasteiger partial charge is 0.410 e. The van der Waals surface area contributed by atoms with Gasteiger partial charge in [-0.1, -0.05) is 31.5 Å². The van der Waals surface area contributed by atoms with Crippen LogP contribution in [0.25, 0.3) is 0 Å². The Kier molecular flexibility index (Phi) is 5.79. The minimum absolute atomic E-state index is 0.208. The lowest BCUT2D eigenvalue weighted by Crippen LogP contribution is -2.56. The third-order valence-electron chi connectivity index (χ3n) is 3.58. The number of nitrogens with one attached hydrogen (secondary N) is 1. The van der Waals surface area contributed by atoms with Crippen LogP contribution in [0.15, 0.2) is 35.2 Å². The van der Waals surface area contributed by atoms with Crippen molar-refractivity contribution in [1.82, 2.24) is 10.2 Å². The zero-order valence-electron chi connectivity index (χ0n) is 12.7. The van der Waals surface area contributed by atoms with E-state index in [0.29, 0.717) is 19.7 Å². The molecule has 1 unspecified atom stereocenters. The molecule has 2 rings (SSSR count). The van der Waals surface area contributed by atoms with Gasteiger partial charge in [0.1, 0.15) is 0 Å². The van der Waals surface area contributed by atoms with Crippen molar-refractivity contribution < 1.29 is 17.9 Å². The molecule has 1 aliphatic rings. The minimum Gasteiger partial charge on any atom is -0.449 e. The number of sulfone groups is 1. The molecular formula is C15H22N2O4S. The average molecular weight is 326 g/mol. The number of ether oxygens (including phenoxy) is 1. The number of hydrogen-bond donors (Lipinski definition) is 1. The van der Waals surface area contributed by atoms with E-state index in [1.807, 2.05) is 6.92 Å². The highest BCUT2D eigenvalue weighted by Gasteiger charge is 2.38. The van der Waals surface area contributed by atoms with E-state index in [4.69, 9.17) is 4.74 Å². The van der Waals surface area contributed by atoms with Crippen LogP contribution in [0, 0.1) is 0 Å². The molecule has 0 aliphatic carbocycles. The van der Waals surface area contributed by atoms with Crippen LogP contribution in [-0.2, 0) is 14.6 Å². The molecule has 1 aliphatic heterocycles. The Labute approximate surface area is 131 Å².